The summed E-state index contributed by atoms with van der Waals surface area (Å²) in [7, 11) is 1.82. The first-order valence-corrected chi connectivity index (χ1v) is 7.12. The Labute approximate surface area is 124 Å². The normalized spacial score (nSPS) is 15.1. The second-order valence-electron chi connectivity index (χ2n) is 5.00. The van der Waals surface area contributed by atoms with Gasteiger partial charge in [0.15, 0.2) is 0 Å². The van der Waals surface area contributed by atoms with Crippen molar-refractivity contribution >= 4 is 5.91 Å². The first kappa shape index (κ1) is 15.5. The average molecular weight is 288 g/mol. The summed E-state index contributed by atoms with van der Waals surface area (Å²) < 4.78 is 5.32. The van der Waals surface area contributed by atoms with Crippen LogP contribution in [0.25, 0.3) is 0 Å². The molecule has 2 heterocycles. The van der Waals surface area contributed by atoms with Crippen LogP contribution in [-0.4, -0.2) is 53.8 Å². The van der Waals surface area contributed by atoms with Crippen LogP contribution in [0, 0.1) is 11.8 Å². The number of carbonyl (C=O) groups excluding carboxylic acids is 1. The topological polar surface area (TPSA) is 62.7 Å². The van der Waals surface area contributed by atoms with Gasteiger partial charge in [-0.3, -0.25) is 9.78 Å². The maximum atomic E-state index is 12.5. The lowest BCUT2D eigenvalue weighted by Gasteiger charge is -2.31. The molecular formula is C16H20N2O3. The molecular weight excluding hydrogens is 268 g/mol. The summed E-state index contributed by atoms with van der Waals surface area (Å²) >= 11 is 0. The zero-order valence-corrected chi connectivity index (χ0v) is 12.2. The van der Waals surface area contributed by atoms with Crippen molar-refractivity contribution in [3.8, 4) is 11.8 Å². The second kappa shape index (κ2) is 7.77. The molecule has 5 nitrogen and oxygen atoms in total. The van der Waals surface area contributed by atoms with Gasteiger partial charge in [-0.25, -0.2) is 0 Å². The molecule has 1 aromatic rings. The molecule has 0 unspecified atom stereocenters. The third-order valence-corrected chi connectivity index (χ3v) is 3.51. The van der Waals surface area contributed by atoms with E-state index in [4.69, 9.17) is 9.84 Å². The molecule has 0 radical (unpaired) electrons. The average Bonchev–Trinajstić information content (AvgIpc) is 2.55. The van der Waals surface area contributed by atoms with Crippen LogP contribution in [0.15, 0.2) is 18.5 Å². The highest BCUT2D eigenvalue weighted by Crippen LogP contribution is 2.15. The van der Waals surface area contributed by atoms with Gasteiger partial charge in [0.25, 0.3) is 5.91 Å². The summed E-state index contributed by atoms with van der Waals surface area (Å²) in [6.07, 6.45) is 5.34. The highest BCUT2D eigenvalue weighted by atomic mass is 16.5. The van der Waals surface area contributed by atoms with Crippen molar-refractivity contribution in [2.45, 2.75) is 25.3 Å². The number of hydrogen-bond donors (Lipinski definition) is 1. The standard InChI is InChI=1S/C16H20N2O3/c1-18(15-5-8-21-9-6-15)16(20)14-10-13(11-17-12-14)4-2-3-7-19/h10-12,15,19H,3,5-9H2,1H3. The summed E-state index contributed by atoms with van der Waals surface area (Å²) in [5.41, 5.74) is 1.23. The maximum absolute atomic E-state index is 12.5. The largest absolute Gasteiger partial charge is 0.395 e. The number of aliphatic hydroxyl groups is 1. The van der Waals surface area contributed by atoms with Gasteiger partial charge in [-0.1, -0.05) is 11.8 Å². The van der Waals surface area contributed by atoms with Crippen LogP contribution in [0.2, 0.25) is 0 Å². The molecule has 2 rings (SSSR count). The van der Waals surface area contributed by atoms with Crippen molar-refractivity contribution in [1.29, 1.82) is 0 Å². The molecule has 112 valence electrons. The Morgan fingerprint density at radius 3 is 2.95 bits per heavy atom. The van der Waals surface area contributed by atoms with Crippen LogP contribution >= 0.6 is 0 Å². The van der Waals surface area contributed by atoms with Crippen LogP contribution in [-0.2, 0) is 4.74 Å². The van der Waals surface area contributed by atoms with Crippen molar-refractivity contribution in [2.24, 2.45) is 0 Å². The molecule has 1 fully saturated rings. The molecule has 1 aromatic heterocycles. The minimum Gasteiger partial charge on any atom is -0.395 e. The Kier molecular flexibility index (Phi) is 5.73. The monoisotopic (exact) mass is 288 g/mol. The van der Waals surface area contributed by atoms with E-state index in [1.54, 1.807) is 23.4 Å². The van der Waals surface area contributed by atoms with Gasteiger partial charge in [-0.2, -0.15) is 0 Å². The summed E-state index contributed by atoms with van der Waals surface area (Å²) in [4.78, 5) is 18.3. The first-order valence-electron chi connectivity index (χ1n) is 7.12. The third kappa shape index (κ3) is 4.28. The highest BCUT2D eigenvalue weighted by Gasteiger charge is 2.23. The molecule has 5 heteroatoms. The number of rotatable bonds is 3. The van der Waals surface area contributed by atoms with Gasteiger partial charge < -0.3 is 14.7 Å². The van der Waals surface area contributed by atoms with Crippen molar-refractivity contribution in [3.05, 3.63) is 29.6 Å². The van der Waals surface area contributed by atoms with Crippen LogP contribution in [0.1, 0.15) is 35.2 Å². The molecule has 1 N–H and O–H groups in total. The quantitative estimate of drug-likeness (QED) is 0.845. The number of carbonyl (C=O) groups is 1. The number of aromatic nitrogens is 1. The lowest BCUT2D eigenvalue weighted by molar-refractivity contribution is 0.0362. The van der Waals surface area contributed by atoms with Gasteiger partial charge in [0, 0.05) is 50.7 Å². The van der Waals surface area contributed by atoms with Crippen molar-refractivity contribution in [2.75, 3.05) is 26.9 Å². The second-order valence-corrected chi connectivity index (χ2v) is 5.00. The van der Waals surface area contributed by atoms with E-state index in [2.05, 4.69) is 16.8 Å². The molecule has 1 aliphatic heterocycles. The Morgan fingerprint density at radius 2 is 2.24 bits per heavy atom. The van der Waals surface area contributed by atoms with E-state index in [0.717, 1.165) is 12.8 Å². The molecule has 0 saturated carbocycles. The van der Waals surface area contributed by atoms with E-state index in [1.807, 2.05) is 7.05 Å². The van der Waals surface area contributed by atoms with E-state index in [-0.39, 0.29) is 18.6 Å². The molecule has 1 aliphatic rings. The van der Waals surface area contributed by atoms with Crippen LogP contribution in [0.5, 0.6) is 0 Å². The zero-order valence-electron chi connectivity index (χ0n) is 12.2. The number of nitrogens with zero attached hydrogens (tertiary/aromatic N) is 2. The van der Waals surface area contributed by atoms with Crippen LogP contribution in [0.4, 0.5) is 0 Å². The van der Waals surface area contributed by atoms with Crippen molar-refractivity contribution < 1.29 is 14.6 Å². The van der Waals surface area contributed by atoms with E-state index in [1.165, 1.54) is 0 Å². The van der Waals surface area contributed by atoms with Gasteiger partial charge >= 0.3 is 0 Å². The summed E-state index contributed by atoms with van der Waals surface area (Å²) in [6.45, 7) is 1.44. The fourth-order valence-electron chi connectivity index (χ4n) is 2.29. The van der Waals surface area contributed by atoms with E-state index in [9.17, 15) is 4.79 Å². The number of aliphatic hydroxyl groups excluding tert-OH is 1. The lowest BCUT2D eigenvalue weighted by Crippen LogP contribution is -2.40. The predicted molar refractivity (Wildman–Crippen MR) is 78.8 cm³/mol. The van der Waals surface area contributed by atoms with Crippen LogP contribution < -0.4 is 0 Å². The Morgan fingerprint density at radius 1 is 1.48 bits per heavy atom. The fraction of sp³-hybridized carbons (Fsp3) is 0.500. The highest BCUT2D eigenvalue weighted by molar-refractivity contribution is 5.94. The number of ether oxygens (including phenoxy) is 1. The predicted octanol–water partition coefficient (Wildman–Crippen LogP) is 1.07. The minimum absolute atomic E-state index is 0.0333. The van der Waals surface area contributed by atoms with E-state index >= 15 is 0 Å². The molecule has 1 saturated heterocycles. The Bertz CT molecular complexity index is 542. The molecule has 0 aromatic carbocycles. The molecule has 0 spiro atoms. The van der Waals surface area contributed by atoms with Gasteiger partial charge in [0.2, 0.25) is 0 Å². The molecule has 0 aliphatic carbocycles. The smallest absolute Gasteiger partial charge is 0.255 e. The number of hydrogen-bond acceptors (Lipinski definition) is 4. The fourth-order valence-corrected chi connectivity index (χ4v) is 2.29. The minimum atomic E-state index is -0.0415. The van der Waals surface area contributed by atoms with Gasteiger partial charge in [0.1, 0.15) is 0 Å². The van der Waals surface area contributed by atoms with E-state index in [0.29, 0.717) is 30.8 Å². The number of amides is 1. The van der Waals surface area contributed by atoms with Gasteiger partial charge in [-0.05, 0) is 18.9 Å². The van der Waals surface area contributed by atoms with E-state index < -0.39 is 0 Å². The van der Waals surface area contributed by atoms with Crippen molar-refractivity contribution in [1.82, 2.24) is 9.88 Å². The van der Waals surface area contributed by atoms with Crippen molar-refractivity contribution in [3.63, 3.8) is 0 Å². The van der Waals surface area contributed by atoms with Crippen LogP contribution in [0.3, 0.4) is 0 Å². The number of pyridine rings is 1. The molecule has 0 bridgehead atoms. The Hall–Kier alpha value is -1.90. The molecule has 1 amide bonds. The molecule has 21 heavy (non-hydrogen) atoms. The first-order chi connectivity index (χ1) is 10.2. The lowest BCUT2D eigenvalue weighted by atomic mass is 10.1. The summed E-state index contributed by atoms with van der Waals surface area (Å²) in [6, 6.07) is 1.96. The summed E-state index contributed by atoms with van der Waals surface area (Å²) in [5.74, 6) is 5.68. The Balaban J connectivity index is 2.08. The third-order valence-electron chi connectivity index (χ3n) is 3.51. The molecule has 0 atom stereocenters. The summed E-state index contributed by atoms with van der Waals surface area (Å²) in [5, 5.41) is 8.71. The van der Waals surface area contributed by atoms with Gasteiger partial charge in [0.05, 0.1) is 12.2 Å². The van der Waals surface area contributed by atoms with Gasteiger partial charge in [-0.15, -0.1) is 0 Å². The zero-order chi connectivity index (χ0) is 15.1. The maximum Gasteiger partial charge on any atom is 0.255 e. The SMILES string of the molecule is CN(C(=O)c1cncc(C#CCCO)c1)C1CCOCC1.